The van der Waals surface area contributed by atoms with Crippen LogP contribution in [0.1, 0.15) is 52.2 Å². The number of ether oxygens (including phenoxy) is 1. The average Bonchev–Trinajstić information content (AvgIpc) is 3.15. The predicted molar refractivity (Wildman–Crippen MR) is 116 cm³/mol. The Kier molecular flexibility index (Phi) is 6.63. The Bertz CT molecular complexity index is 799. The molecule has 2 aliphatic heterocycles. The van der Waals surface area contributed by atoms with Gasteiger partial charge in [0.2, 0.25) is 0 Å². The van der Waals surface area contributed by atoms with Crippen molar-refractivity contribution in [3.8, 4) is 0 Å². The highest BCUT2D eigenvalue weighted by Crippen LogP contribution is 2.39. The van der Waals surface area contributed by atoms with Crippen molar-refractivity contribution in [3.63, 3.8) is 0 Å². The van der Waals surface area contributed by atoms with Crippen LogP contribution in [0.4, 0.5) is 0 Å². The van der Waals surface area contributed by atoms with E-state index in [9.17, 15) is 4.79 Å². The topological polar surface area (TPSA) is 54.5 Å². The third kappa shape index (κ3) is 5.44. The molecule has 1 N–H and O–H groups in total. The number of aryl methyl sites for hydroxylation is 1. The lowest BCUT2D eigenvalue weighted by atomic mass is 9.78. The summed E-state index contributed by atoms with van der Waals surface area (Å²) in [5, 5.41) is 3.06. The molecule has 2 aromatic rings. The Morgan fingerprint density at radius 1 is 1.28 bits per heavy atom. The number of nitrogens with zero attached hydrogens (tertiary/aromatic N) is 2. The standard InChI is InChI=1S/C23H31N3O2S/c1-18-2-3-21(29-18)17-26-13-8-23(9-14-26)16-19(7-15-28-23)4-12-25-22(27)20-5-10-24-11-6-20/h2-3,5-6,10-11,19H,4,7-9,12-17H2,1H3,(H,25,27). The first-order valence-electron chi connectivity index (χ1n) is 10.7. The second-order valence-corrected chi connectivity index (χ2v) is 9.83. The van der Waals surface area contributed by atoms with Gasteiger partial charge < -0.3 is 10.1 Å². The predicted octanol–water partition coefficient (Wildman–Crippen LogP) is 4.03. The van der Waals surface area contributed by atoms with Gasteiger partial charge in [0.25, 0.3) is 5.91 Å². The molecule has 1 unspecified atom stereocenters. The molecule has 0 aliphatic carbocycles. The molecule has 4 rings (SSSR count). The van der Waals surface area contributed by atoms with Crippen molar-refractivity contribution in [2.24, 2.45) is 5.92 Å². The lowest BCUT2D eigenvalue weighted by molar-refractivity contribution is -0.128. The van der Waals surface area contributed by atoms with Gasteiger partial charge in [-0.2, -0.15) is 0 Å². The van der Waals surface area contributed by atoms with Crippen molar-refractivity contribution >= 4 is 17.2 Å². The number of piperidine rings is 1. The van der Waals surface area contributed by atoms with Crippen molar-refractivity contribution in [1.29, 1.82) is 0 Å². The van der Waals surface area contributed by atoms with Gasteiger partial charge in [0, 0.05) is 60.5 Å². The largest absolute Gasteiger partial charge is 0.375 e. The molecule has 156 valence electrons. The van der Waals surface area contributed by atoms with Crippen LogP contribution in [0.15, 0.2) is 36.7 Å². The summed E-state index contributed by atoms with van der Waals surface area (Å²) in [6.45, 7) is 7.05. The van der Waals surface area contributed by atoms with Crippen molar-refractivity contribution in [2.75, 3.05) is 26.2 Å². The van der Waals surface area contributed by atoms with Crippen LogP contribution in [0, 0.1) is 12.8 Å². The number of pyridine rings is 1. The fraction of sp³-hybridized carbons (Fsp3) is 0.565. The zero-order valence-electron chi connectivity index (χ0n) is 17.2. The fourth-order valence-electron chi connectivity index (χ4n) is 4.63. The van der Waals surface area contributed by atoms with E-state index in [1.54, 1.807) is 24.5 Å². The Hall–Kier alpha value is -1.76. The second kappa shape index (κ2) is 9.37. The maximum Gasteiger partial charge on any atom is 0.251 e. The number of thiophene rings is 1. The summed E-state index contributed by atoms with van der Waals surface area (Å²) < 4.78 is 6.32. The molecule has 1 spiro atoms. The molecule has 5 nitrogen and oxygen atoms in total. The van der Waals surface area contributed by atoms with E-state index >= 15 is 0 Å². The summed E-state index contributed by atoms with van der Waals surface area (Å²) in [6.07, 6.45) is 8.82. The Morgan fingerprint density at radius 3 is 2.79 bits per heavy atom. The highest BCUT2D eigenvalue weighted by Gasteiger charge is 2.40. The minimum Gasteiger partial charge on any atom is -0.375 e. The number of likely N-dealkylation sites (tertiary alicyclic amines) is 1. The summed E-state index contributed by atoms with van der Waals surface area (Å²) in [4.78, 5) is 21.6. The number of rotatable bonds is 6. The highest BCUT2D eigenvalue weighted by molar-refractivity contribution is 7.11. The van der Waals surface area contributed by atoms with Gasteiger partial charge in [-0.25, -0.2) is 0 Å². The summed E-state index contributed by atoms with van der Waals surface area (Å²) >= 11 is 1.91. The summed E-state index contributed by atoms with van der Waals surface area (Å²) in [6, 6.07) is 7.99. The third-order valence-electron chi connectivity index (χ3n) is 6.32. The first-order valence-corrected chi connectivity index (χ1v) is 11.5. The van der Waals surface area contributed by atoms with Crippen molar-refractivity contribution < 1.29 is 9.53 Å². The van der Waals surface area contributed by atoms with Crippen LogP contribution < -0.4 is 5.32 Å². The maximum absolute atomic E-state index is 12.2. The molecule has 1 amide bonds. The van der Waals surface area contributed by atoms with Crippen LogP contribution in [-0.2, 0) is 11.3 Å². The first kappa shape index (κ1) is 20.5. The van der Waals surface area contributed by atoms with Crippen LogP contribution >= 0.6 is 11.3 Å². The highest BCUT2D eigenvalue weighted by atomic mass is 32.1. The van der Waals surface area contributed by atoms with Crippen molar-refractivity contribution in [1.82, 2.24) is 15.2 Å². The summed E-state index contributed by atoms with van der Waals surface area (Å²) in [5.74, 6) is 0.624. The van der Waals surface area contributed by atoms with Crippen molar-refractivity contribution in [3.05, 3.63) is 52.0 Å². The van der Waals surface area contributed by atoms with Gasteiger partial charge in [-0.15, -0.1) is 11.3 Å². The van der Waals surface area contributed by atoms with Crippen molar-refractivity contribution in [2.45, 2.75) is 51.2 Å². The van der Waals surface area contributed by atoms with E-state index in [1.807, 2.05) is 11.3 Å². The van der Waals surface area contributed by atoms with Gasteiger partial charge in [0.05, 0.1) is 5.60 Å². The molecule has 1 atom stereocenters. The Labute approximate surface area is 177 Å². The molecular weight excluding hydrogens is 382 g/mol. The number of hydrogen-bond acceptors (Lipinski definition) is 5. The van der Waals surface area contributed by atoms with Gasteiger partial charge in [0.1, 0.15) is 0 Å². The molecule has 29 heavy (non-hydrogen) atoms. The van der Waals surface area contributed by atoms with Crippen LogP contribution in [0.25, 0.3) is 0 Å². The van der Waals surface area contributed by atoms with Gasteiger partial charge in [-0.3, -0.25) is 14.7 Å². The number of nitrogens with one attached hydrogen (secondary N) is 1. The molecule has 2 saturated heterocycles. The number of amides is 1. The average molecular weight is 414 g/mol. The van der Waals surface area contributed by atoms with E-state index in [0.29, 0.717) is 11.5 Å². The molecule has 2 fully saturated rings. The number of aromatic nitrogens is 1. The molecule has 2 aliphatic rings. The third-order valence-corrected chi connectivity index (χ3v) is 7.30. The smallest absolute Gasteiger partial charge is 0.251 e. The van der Waals surface area contributed by atoms with E-state index in [2.05, 4.69) is 34.3 Å². The molecule has 0 aromatic carbocycles. The fourth-order valence-corrected chi connectivity index (χ4v) is 5.56. The van der Waals surface area contributed by atoms with E-state index in [-0.39, 0.29) is 11.5 Å². The van der Waals surface area contributed by atoms with Gasteiger partial charge in [-0.05, 0) is 69.2 Å². The van der Waals surface area contributed by atoms with Crippen LogP contribution in [0.2, 0.25) is 0 Å². The minimum absolute atomic E-state index is 0.00806. The molecule has 6 heteroatoms. The SMILES string of the molecule is Cc1ccc(CN2CCC3(CC2)CC(CCNC(=O)c2ccncc2)CCO3)s1. The van der Waals surface area contributed by atoms with Gasteiger partial charge in [-0.1, -0.05) is 0 Å². The monoisotopic (exact) mass is 413 g/mol. The lowest BCUT2D eigenvalue weighted by Gasteiger charge is -2.46. The number of carbonyl (C=O) groups excluding carboxylic acids is 1. The van der Waals surface area contributed by atoms with Gasteiger partial charge >= 0.3 is 0 Å². The number of hydrogen-bond donors (Lipinski definition) is 1. The summed E-state index contributed by atoms with van der Waals surface area (Å²) in [5.41, 5.74) is 0.733. The van der Waals surface area contributed by atoms with Crippen LogP contribution in [0.3, 0.4) is 0 Å². The number of carbonyl (C=O) groups is 1. The second-order valence-electron chi connectivity index (χ2n) is 8.46. The summed E-state index contributed by atoms with van der Waals surface area (Å²) in [7, 11) is 0. The normalized spacial score (nSPS) is 21.9. The Balaban J connectivity index is 1.22. The molecule has 4 heterocycles. The van der Waals surface area contributed by atoms with E-state index in [0.717, 1.165) is 64.9 Å². The molecule has 0 saturated carbocycles. The zero-order chi connectivity index (χ0) is 20.1. The van der Waals surface area contributed by atoms with Crippen LogP contribution in [0.5, 0.6) is 0 Å². The zero-order valence-corrected chi connectivity index (χ0v) is 18.0. The molecule has 0 radical (unpaired) electrons. The minimum atomic E-state index is -0.00806. The first-order chi connectivity index (χ1) is 14.1. The van der Waals surface area contributed by atoms with E-state index < -0.39 is 0 Å². The lowest BCUT2D eigenvalue weighted by Crippen LogP contribution is -2.49. The van der Waals surface area contributed by atoms with Gasteiger partial charge in [0.15, 0.2) is 0 Å². The maximum atomic E-state index is 12.2. The Morgan fingerprint density at radius 2 is 2.07 bits per heavy atom. The quantitative estimate of drug-likeness (QED) is 0.777. The van der Waals surface area contributed by atoms with Crippen LogP contribution in [-0.4, -0.2) is 47.6 Å². The molecule has 2 aromatic heterocycles. The van der Waals surface area contributed by atoms with E-state index in [1.165, 1.54) is 9.75 Å². The molecular formula is C23H31N3O2S. The van der Waals surface area contributed by atoms with E-state index in [4.69, 9.17) is 4.74 Å². The molecule has 0 bridgehead atoms.